The second kappa shape index (κ2) is 6.11. The van der Waals surface area contributed by atoms with E-state index in [4.69, 9.17) is 15.3 Å². The minimum absolute atomic E-state index is 0.520. The van der Waals surface area contributed by atoms with Crippen LogP contribution in [0.4, 0.5) is 5.69 Å². The summed E-state index contributed by atoms with van der Waals surface area (Å²) in [5, 5.41) is 3.08. The van der Waals surface area contributed by atoms with Gasteiger partial charge in [-0.3, -0.25) is 10.4 Å². The Bertz CT molecular complexity index is 434. The van der Waals surface area contributed by atoms with E-state index in [1.54, 1.807) is 0 Å². The largest absolute Gasteiger partial charge is 0.490 e. The van der Waals surface area contributed by atoms with Crippen LogP contribution in [0.3, 0.4) is 0 Å². The first kappa shape index (κ1) is 12.5. The number of hydrogen-bond donors (Lipinski definition) is 3. The van der Waals surface area contributed by atoms with Crippen molar-refractivity contribution in [2.75, 3.05) is 25.1 Å². The molecule has 0 bridgehead atoms. The van der Waals surface area contributed by atoms with E-state index in [9.17, 15) is 0 Å². The summed E-state index contributed by atoms with van der Waals surface area (Å²) in [6, 6.07) is 5.66. The molecule has 0 amide bonds. The van der Waals surface area contributed by atoms with Crippen LogP contribution in [0.1, 0.15) is 13.3 Å². The van der Waals surface area contributed by atoms with E-state index in [0.717, 1.165) is 23.6 Å². The molecule has 1 aliphatic heterocycles. The van der Waals surface area contributed by atoms with Gasteiger partial charge < -0.3 is 14.8 Å². The number of nitrogens with two attached hydrogens (primary N) is 1. The van der Waals surface area contributed by atoms with Gasteiger partial charge in [-0.2, -0.15) is 0 Å². The smallest absolute Gasteiger partial charge is 0.210 e. The first-order valence-corrected chi connectivity index (χ1v) is 6.01. The van der Waals surface area contributed by atoms with Crippen LogP contribution in [0, 0.1) is 0 Å². The minimum Gasteiger partial charge on any atom is -0.490 e. The van der Waals surface area contributed by atoms with Crippen LogP contribution in [0.2, 0.25) is 0 Å². The highest BCUT2D eigenvalue weighted by Crippen LogP contribution is 2.32. The van der Waals surface area contributed by atoms with Gasteiger partial charge in [0.1, 0.15) is 0 Å². The summed E-state index contributed by atoms with van der Waals surface area (Å²) in [4.78, 5) is 4.17. The monoisotopic (exact) mass is 250 g/mol. The van der Waals surface area contributed by atoms with E-state index in [2.05, 4.69) is 15.7 Å². The molecule has 0 atom stereocenters. The third-order valence-corrected chi connectivity index (χ3v) is 2.46. The molecule has 1 aromatic rings. The van der Waals surface area contributed by atoms with Gasteiger partial charge in [-0.15, -0.1) is 0 Å². The lowest BCUT2D eigenvalue weighted by Crippen LogP contribution is -2.36. The van der Waals surface area contributed by atoms with Gasteiger partial charge in [-0.05, 0) is 19.1 Å². The van der Waals surface area contributed by atoms with Crippen LogP contribution >= 0.6 is 0 Å². The second-order valence-electron chi connectivity index (χ2n) is 3.80. The molecule has 0 fully saturated rings. The predicted molar refractivity (Wildman–Crippen MR) is 71.0 cm³/mol. The van der Waals surface area contributed by atoms with Crippen LogP contribution in [0.25, 0.3) is 0 Å². The highest BCUT2D eigenvalue weighted by molar-refractivity contribution is 5.93. The fourth-order valence-electron chi connectivity index (χ4n) is 1.66. The van der Waals surface area contributed by atoms with Crippen LogP contribution < -0.4 is 26.1 Å². The molecule has 18 heavy (non-hydrogen) atoms. The maximum absolute atomic E-state index is 5.61. The van der Waals surface area contributed by atoms with Gasteiger partial charge in [0.2, 0.25) is 5.96 Å². The zero-order valence-corrected chi connectivity index (χ0v) is 10.4. The Morgan fingerprint density at radius 2 is 2.11 bits per heavy atom. The highest BCUT2D eigenvalue weighted by Gasteiger charge is 2.10. The summed E-state index contributed by atoms with van der Waals surface area (Å²) in [6.07, 6.45) is 0.893. The van der Waals surface area contributed by atoms with Crippen molar-refractivity contribution in [3.8, 4) is 11.5 Å². The van der Waals surface area contributed by atoms with E-state index in [1.165, 1.54) is 0 Å². The molecule has 0 unspecified atom stereocenters. The molecule has 6 heteroatoms. The number of fused-ring (bicyclic) bond motifs is 1. The van der Waals surface area contributed by atoms with Crippen molar-refractivity contribution < 1.29 is 9.47 Å². The van der Waals surface area contributed by atoms with Gasteiger partial charge in [0.15, 0.2) is 11.5 Å². The molecule has 0 aromatic heterocycles. The van der Waals surface area contributed by atoms with Crippen molar-refractivity contribution in [3.05, 3.63) is 18.2 Å². The molecule has 0 radical (unpaired) electrons. The standard InChI is InChI=1S/C12H18N4O2/c1-2-14-12(16-13)15-9-4-5-10-11(8-9)18-7-3-6-17-10/h4-5,8H,2-3,6-7,13H2,1H3,(H2,14,15,16). The van der Waals surface area contributed by atoms with Crippen molar-refractivity contribution in [2.24, 2.45) is 10.8 Å². The van der Waals surface area contributed by atoms with Crippen molar-refractivity contribution in [3.63, 3.8) is 0 Å². The van der Waals surface area contributed by atoms with Crippen LogP contribution in [0.5, 0.6) is 11.5 Å². The lowest BCUT2D eigenvalue weighted by Gasteiger charge is -2.12. The van der Waals surface area contributed by atoms with Crippen molar-refractivity contribution in [2.45, 2.75) is 13.3 Å². The summed E-state index contributed by atoms with van der Waals surface area (Å²) >= 11 is 0. The number of benzene rings is 1. The number of hydrogen-bond acceptors (Lipinski definition) is 4. The second-order valence-corrected chi connectivity index (χ2v) is 3.80. The van der Waals surface area contributed by atoms with Crippen LogP contribution in [-0.2, 0) is 0 Å². The topological polar surface area (TPSA) is 80.9 Å². The van der Waals surface area contributed by atoms with E-state index in [1.807, 2.05) is 25.1 Å². The third-order valence-electron chi connectivity index (χ3n) is 2.46. The molecule has 1 heterocycles. The van der Waals surface area contributed by atoms with Crippen LogP contribution in [-0.4, -0.2) is 25.7 Å². The molecule has 4 N–H and O–H groups in total. The normalized spacial score (nSPS) is 14.9. The Morgan fingerprint density at radius 1 is 1.33 bits per heavy atom. The van der Waals surface area contributed by atoms with Crippen molar-refractivity contribution >= 4 is 11.6 Å². The summed E-state index contributed by atoms with van der Waals surface area (Å²) in [6.45, 7) is 3.94. The number of rotatable bonds is 2. The molecule has 1 aromatic carbocycles. The Labute approximate surface area is 106 Å². The molecule has 6 nitrogen and oxygen atoms in total. The number of hydrazine groups is 1. The Morgan fingerprint density at radius 3 is 2.83 bits per heavy atom. The third kappa shape index (κ3) is 3.04. The fraction of sp³-hybridized carbons (Fsp3) is 0.417. The summed E-state index contributed by atoms with van der Waals surface area (Å²) < 4.78 is 11.2. The van der Waals surface area contributed by atoms with E-state index < -0.39 is 0 Å². The number of nitrogens with one attached hydrogen (secondary N) is 2. The van der Waals surface area contributed by atoms with Gasteiger partial charge >= 0.3 is 0 Å². The lowest BCUT2D eigenvalue weighted by molar-refractivity contribution is 0.297. The van der Waals surface area contributed by atoms with Gasteiger partial charge in [-0.1, -0.05) is 0 Å². The van der Waals surface area contributed by atoms with E-state index >= 15 is 0 Å². The Balaban J connectivity index is 2.15. The molecule has 0 aliphatic carbocycles. The quantitative estimate of drug-likeness (QED) is 0.317. The summed E-state index contributed by atoms with van der Waals surface area (Å²) in [5.74, 6) is 7.40. The lowest BCUT2D eigenvalue weighted by atomic mass is 10.3. The highest BCUT2D eigenvalue weighted by atomic mass is 16.5. The Hall–Kier alpha value is -1.95. The van der Waals surface area contributed by atoms with E-state index in [-0.39, 0.29) is 0 Å². The molecule has 0 saturated carbocycles. The molecule has 0 saturated heterocycles. The number of anilines is 1. The van der Waals surface area contributed by atoms with Crippen LogP contribution in [0.15, 0.2) is 23.2 Å². The molecule has 0 spiro atoms. The number of ether oxygens (including phenoxy) is 2. The Kier molecular flexibility index (Phi) is 4.25. The number of guanidine groups is 1. The SMILES string of the molecule is CCN=C(NN)Nc1ccc2c(c1)OCCCO2. The molecule has 98 valence electrons. The van der Waals surface area contributed by atoms with Gasteiger partial charge in [0.25, 0.3) is 0 Å². The van der Waals surface area contributed by atoms with Crippen molar-refractivity contribution in [1.29, 1.82) is 0 Å². The van der Waals surface area contributed by atoms with Gasteiger partial charge in [-0.25, -0.2) is 5.84 Å². The van der Waals surface area contributed by atoms with Gasteiger partial charge in [0, 0.05) is 24.7 Å². The summed E-state index contributed by atoms with van der Waals surface area (Å²) in [7, 11) is 0. The number of aliphatic imine (C=N–C) groups is 1. The average Bonchev–Trinajstić information content (AvgIpc) is 2.63. The maximum Gasteiger partial charge on any atom is 0.210 e. The zero-order valence-electron chi connectivity index (χ0n) is 10.4. The predicted octanol–water partition coefficient (Wildman–Crippen LogP) is 1.10. The first-order valence-electron chi connectivity index (χ1n) is 6.01. The molecular weight excluding hydrogens is 232 g/mol. The molecule has 2 rings (SSSR count). The first-order chi connectivity index (χ1) is 8.83. The zero-order chi connectivity index (χ0) is 12.8. The molecule has 1 aliphatic rings. The maximum atomic E-state index is 5.61. The van der Waals surface area contributed by atoms with Gasteiger partial charge in [0.05, 0.1) is 13.2 Å². The number of nitrogens with zero attached hydrogens (tertiary/aromatic N) is 1. The van der Waals surface area contributed by atoms with Crippen molar-refractivity contribution in [1.82, 2.24) is 5.43 Å². The molecular formula is C12H18N4O2. The fourth-order valence-corrected chi connectivity index (χ4v) is 1.66. The average molecular weight is 250 g/mol. The summed E-state index contributed by atoms with van der Waals surface area (Å²) in [5.41, 5.74) is 3.36. The van der Waals surface area contributed by atoms with E-state index in [0.29, 0.717) is 25.7 Å². The minimum atomic E-state index is 0.520.